The van der Waals surface area contributed by atoms with Crippen molar-refractivity contribution in [2.45, 2.75) is 31.6 Å². The van der Waals surface area contributed by atoms with Crippen LogP contribution in [0.25, 0.3) is 10.1 Å². The highest BCUT2D eigenvalue weighted by Gasteiger charge is 2.26. The van der Waals surface area contributed by atoms with Gasteiger partial charge in [-0.1, -0.05) is 24.3 Å². The number of thiophene rings is 1. The molecule has 5 nitrogen and oxygen atoms in total. The molecule has 0 unspecified atom stereocenters. The predicted octanol–water partition coefficient (Wildman–Crippen LogP) is 4.91. The zero-order valence-corrected chi connectivity index (χ0v) is 15.5. The third-order valence-electron chi connectivity index (χ3n) is 5.23. The van der Waals surface area contributed by atoms with E-state index in [9.17, 15) is 9.59 Å². The number of carboxylic acids is 1. The Morgan fingerprint density at radius 1 is 1.07 bits per heavy atom. The summed E-state index contributed by atoms with van der Waals surface area (Å²) in [4.78, 5) is 28.6. The standard InChI is InChI=1S/C21H20N2O3S/c24-20(18-11-15-3-1-2-4-17(15)27-18)23-19-10-9-16(12-22-19)13-5-7-14(8-6-13)21(25)26/h1-4,9-14H,5-8H2,(H,25,26)(H,22,23,24). The molecular weight excluding hydrogens is 360 g/mol. The lowest BCUT2D eigenvalue weighted by Crippen LogP contribution is -2.20. The molecule has 2 N–H and O–H groups in total. The number of nitrogens with zero attached hydrogens (tertiary/aromatic N) is 1. The topological polar surface area (TPSA) is 79.3 Å². The molecule has 1 aromatic carbocycles. The Morgan fingerprint density at radius 3 is 2.52 bits per heavy atom. The van der Waals surface area contributed by atoms with E-state index in [4.69, 9.17) is 5.11 Å². The fourth-order valence-corrected chi connectivity index (χ4v) is 4.62. The van der Waals surface area contributed by atoms with Crippen molar-refractivity contribution in [1.29, 1.82) is 0 Å². The average molecular weight is 380 g/mol. The number of hydrogen-bond donors (Lipinski definition) is 2. The second-order valence-electron chi connectivity index (χ2n) is 6.97. The number of carboxylic acid groups (broad SMARTS) is 1. The third-order valence-corrected chi connectivity index (χ3v) is 6.34. The summed E-state index contributed by atoms with van der Waals surface area (Å²) in [6.07, 6.45) is 4.96. The summed E-state index contributed by atoms with van der Waals surface area (Å²) >= 11 is 1.47. The SMILES string of the molecule is O=C(Nc1ccc(C2CCC(C(=O)O)CC2)cn1)c1cc2ccccc2s1. The van der Waals surface area contributed by atoms with Gasteiger partial charge < -0.3 is 10.4 Å². The molecule has 1 aliphatic carbocycles. The number of amides is 1. The number of aliphatic carboxylic acids is 1. The van der Waals surface area contributed by atoms with Gasteiger partial charge in [-0.3, -0.25) is 9.59 Å². The molecule has 0 saturated heterocycles. The van der Waals surface area contributed by atoms with Crippen LogP contribution in [-0.4, -0.2) is 22.0 Å². The lowest BCUT2D eigenvalue weighted by Gasteiger charge is -2.26. The van der Waals surface area contributed by atoms with E-state index in [1.807, 2.05) is 42.5 Å². The van der Waals surface area contributed by atoms with Gasteiger partial charge in [0.2, 0.25) is 0 Å². The molecule has 0 radical (unpaired) electrons. The summed E-state index contributed by atoms with van der Waals surface area (Å²) in [6.45, 7) is 0. The second-order valence-corrected chi connectivity index (χ2v) is 8.05. The Kier molecular flexibility index (Phi) is 4.90. The van der Waals surface area contributed by atoms with Crippen molar-refractivity contribution in [3.8, 4) is 0 Å². The largest absolute Gasteiger partial charge is 0.481 e. The van der Waals surface area contributed by atoms with Crippen molar-refractivity contribution < 1.29 is 14.7 Å². The first-order chi connectivity index (χ1) is 13.1. The van der Waals surface area contributed by atoms with Crippen molar-refractivity contribution >= 4 is 39.1 Å². The molecule has 3 aromatic rings. The van der Waals surface area contributed by atoms with Crippen molar-refractivity contribution in [1.82, 2.24) is 4.98 Å². The minimum absolute atomic E-state index is 0.154. The van der Waals surface area contributed by atoms with Gasteiger partial charge in [0, 0.05) is 10.9 Å². The minimum Gasteiger partial charge on any atom is -0.481 e. The Hall–Kier alpha value is -2.73. The van der Waals surface area contributed by atoms with Gasteiger partial charge in [0.25, 0.3) is 5.91 Å². The molecule has 0 bridgehead atoms. The zero-order valence-electron chi connectivity index (χ0n) is 14.7. The van der Waals surface area contributed by atoms with Crippen LogP contribution in [0.5, 0.6) is 0 Å². The summed E-state index contributed by atoms with van der Waals surface area (Å²) in [5.41, 5.74) is 1.11. The number of carbonyl (C=O) groups excluding carboxylic acids is 1. The fraction of sp³-hybridized carbons (Fsp3) is 0.286. The van der Waals surface area contributed by atoms with E-state index < -0.39 is 5.97 Å². The maximum atomic E-state index is 12.5. The van der Waals surface area contributed by atoms with E-state index in [0.29, 0.717) is 29.5 Å². The van der Waals surface area contributed by atoms with Crippen LogP contribution in [-0.2, 0) is 4.79 Å². The Balaban J connectivity index is 1.40. The molecule has 1 fully saturated rings. The van der Waals surface area contributed by atoms with Crippen molar-refractivity contribution in [2.24, 2.45) is 5.92 Å². The number of pyridine rings is 1. The molecule has 4 rings (SSSR count). The van der Waals surface area contributed by atoms with Crippen LogP contribution < -0.4 is 5.32 Å². The van der Waals surface area contributed by atoms with Gasteiger partial charge in [0.05, 0.1) is 10.8 Å². The number of anilines is 1. The van der Waals surface area contributed by atoms with Gasteiger partial charge in [-0.2, -0.15) is 0 Å². The lowest BCUT2D eigenvalue weighted by atomic mass is 9.79. The first-order valence-electron chi connectivity index (χ1n) is 9.09. The highest BCUT2D eigenvalue weighted by molar-refractivity contribution is 7.20. The van der Waals surface area contributed by atoms with E-state index >= 15 is 0 Å². The number of nitrogens with one attached hydrogen (secondary N) is 1. The van der Waals surface area contributed by atoms with Crippen LogP contribution in [0.1, 0.15) is 46.8 Å². The number of benzene rings is 1. The maximum absolute atomic E-state index is 12.5. The molecule has 2 aromatic heterocycles. The monoisotopic (exact) mass is 380 g/mol. The van der Waals surface area contributed by atoms with Crippen LogP contribution in [0.2, 0.25) is 0 Å². The van der Waals surface area contributed by atoms with Crippen LogP contribution >= 0.6 is 11.3 Å². The molecule has 27 heavy (non-hydrogen) atoms. The average Bonchev–Trinajstić information content (AvgIpc) is 3.13. The molecule has 1 saturated carbocycles. The summed E-state index contributed by atoms with van der Waals surface area (Å²) in [6, 6.07) is 13.6. The van der Waals surface area contributed by atoms with E-state index in [2.05, 4.69) is 10.3 Å². The van der Waals surface area contributed by atoms with Gasteiger partial charge in [-0.05, 0) is 60.7 Å². The summed E-state index contributed by atoms with van der Waals surface area (Å²) in [5.74, 6) is -0.181. The van der Waals surface area contributed by atoms with Crippen molar-refractivity contribution in [3.63, 3.8) is 0 Å². The zero-order chi connectivity index (χ0) is 18.8. The highest BCUT2D eigenvalue weighted by Crippen LogP contribution is 2.35. The molecule has 0 aliphatic heterocycles. The van der Waals surface area contributed by atoms with Gasteiger partial charge in [0.15, 0.2) is 0 Å². The third kappa shape index (κ3) is 3.85. The molecular formula is C21H20N2O3S. The number of aromatic nitrogens is 1. The van der Waals surface area contributed by atoms with Crippen LogP contribution in [0.3, 0.4) is 0 Å². The Morgan fingerprint density at radius 2 is 1.85 bits per heavy atom. The van der Waals surface area contributed by atoms with Crippen LogP contribution in [0, 0.1) is 5.92 Å². The maximum Gasteiger partial charge on any atom is 0.306 e. The lowest BCUT2D eigenvalue weighted by molar-refractivity contribution is -0.142. The van der Waals surface area contributed by atoms with Gasteiger partial charge in [0.1, 0.15) is 5.82 Å². The second kappa shape index (κ2) is 7.48. The van der Waals surface area contributed by atoms with E-state index in [1.54, 1.807) is 6.20 Å². The summed E-state index contributed by atoms with van der Waals surface area (Å²) in [7, 11) is 0. The van der Waals surface area contributed by atoms with Crippen molar-refractivity contribution in [2.75, 3.05) is 5.32 Å². The molecule has 0 spiro atoms. The fourth-order valence-electron chi connectivity index (χ4n) is 3.67. The van der Waals surface area contributed by atoms with Crippen molar-refractivity contribution in [3.05, 3.63) is 59.1 Å². The first-order valence-corrected chi connectivity index (χ1v) is 9.90. The van der Waals surface area contributed by atoms with Gasteiger partial charge in [-0.15, -0.1) is 11.3 Å². The normalized spacial score (nSPS) is 19.7. The van der Waals surface area contributed by atoms with Gasteiger partial charge in [-0.25, -0.2) is 4.98 Å². The summed E-state index contributed by atoms with van der Waals surface area (Å²) < 4.78 is 1.09. The Bertz CT molecular complexity index is 940. The number of fused-ring (bicyclic) bond motifs is 1. The Labute approximate surface area is 161 Å². The molecule has 138 valence electrons. The smallest absolute Gasteiger partial charge is 0.306 e. The van der Waals surface area contributed by atoms with E-state index in [1.165, 1.54) is 11.3 Å². The van der Waals surface area contributed by atoms with E-state index in [0.717, 1.165) is 28.5 Å². The molecule has 1 aliphatic rings. The number of carbonyl (C=O) groups is 2. The van der Waals surface area contributed by atoms with Crippen LogP contribution in [0.15, 0.2) is 48.7 Å². The first kappa shape index (κ1) is 17.7. The molecule has 6 heteroatoms. The predicted molar refractivity (Wildman–Crippen MR) is 106 cm³/mol. The molecule has 1 amide bonds. The van der Waals surface area contributed by atoms with Crippen LogP contribution in [0.4, 0.5) is 5.82 Å². The number of hydrogen-bond acceptors (Lipinski definition) is 4. The molecule has 0 atom stereocenters. The highest BCUT2D eigenvalue weighted by atomic mass is 32.1. The molecule has 2 heterocycles. The quantitative estimate of drug-likeness (QED) is 0.674. The minimum atomic E-state index is -0.689. The summed E-state index contributed by atoms with van der Waals surface area (Å²) in [5, 5.41) is 13.0. The van der Waals surface area contributed by atoms with Gasteiger partial charge >= 0.3 is 5.97 Å². The van der Waals surface area contributed by atoms with E-state index in [-0.39, 0.29) is 11.8 Å². The number of rotatable bonds is 4.